The molecule has 1 aliphatic carbocycles. The third kappa shape index (κ3) is 4.11. The smallest absolute Gasteiger partial charge is 0.124 e. The molecule has 1 aromatic rings. The first-order valence-electron chi connectivity index (χ1n) is 7.93. The zero-order valence-electron chi connectivity index (χ0n) is 13.3. The second-order valence-corrected chi connectivity index (χ2v) is 5.75. The van der Waals surface area contributed by atoms with Gasteiger partial charge in [-0.15, -0.1) is 0 Å². The van der Waals surface area contributed by atoms with Gasteiger partial charge in [0.15, 0.2) is 0 Å². The van der Waals surface area contributed by atoms with Gasteiger partial charge < -0.3 is 19.9 Å². The lowest BCUT2D eigenvalue weighted by atomic mass is 9.80. The quantitative estimate of drug-likeness (QED) is 0.773. The van der Waals surface area contributed by atoms with Gasteiger partial charge in [0.1, 0.15) is 11.5 Å². The minimum Gasteiger partial charge on any atom is -0.494 e. The van der Waals surface area contributed by atoms with E-state index in [1.165, 1.54) is 0 Å². The highest BCUT2D eigenvalue weighted by Crippen LogP contribution is 2.33. The standard InChI is InChI=1S/C17H27NO3/c1-4-20-14-7-8-16(21-5-2)15(11-14)13(3)18-12-17(19)9-6-10-17/h7-8,11,13,18-19H,4-6,9-10,12H2,1-3H3. The fourth-order valence-corrected chi connectivity index (χ4v) is 2.62. The summed E-state index contributed by atoms with van der Waals surface area (Å²) in [5.74, 6) is 1.73. The summed E-state index contributed by atoms with van der Waals surface area (Å²) in [6.07, 6.45) is 2.91. The zero-order valence-corrected chi connectivity index (χ0v) is 13.3. The lowest BCUT2D eigenvalue weighted by Gasteiger charge is -2.37. The van der Waals surface area contributed by atoms with Gasteiger partial charge in [-0.1, -0.05) is 0 Å². The van der Waals surface area contributed by atoms with E-state index in [-0.39, 0.29) is 6.04 Å². The number of hydrogen-bond donors (Lipinski definition) is 2. The number of hydrogen-bond acceptors (Lipinski definition) is 4. The highest BCUT2D eigenvalue weighted by Gasteiger charge is 2.34. The summed E-state index contributed by atoms with van der Waals surface area (Å²) in [6.45, 7) is 7.96. The first-order valence-corrected chi connectivity index (χ1v) is 7.93. The molecule has 1 aliphatic rings. The normalized spacial score (nSPS) is 17.9. The number of nitrogens with one attached hydrogen (secondary N) is 1. The van der Waals surface area contributed by atoms with E-state index in [1.54, 1.807) is 0 Å². The van der Waals surface area contributed by atoms with E-state index in [2.05, 4.69) is 12.2 Å². The number of ether oxygens (including phenoxy) is 2. The molecule has 1 atom stereocenters. The van der Waals surface area contributed by atoms with E-state index >= 15 is 0 Å². The molecular formula is C17H27NO3. The van der Waals surface area contributed by atoms with Gasteiger partial charge in [0.25, 0.3) is 0 Å². The van der Waals surface area contributed by atoms with Crippen molar-refractivity contribution in [2.24, 2.45) is 0 Å². The van der Waals surface area contributed by atoms with Gasteiger partial charge in [-0.05, 0) is 58.2 Å². The van der Waals surface area contributed by atoms with E-state index in [1.807, 2.05) is 32.0 Å². The van der Waals surface area contributed by atoms with Crippen LogP contribution in [0.15, 0.2) is 18.2 Å². The number of aliphatic hydroxyl groups is 1. The highest BCUT2D eigenvalue weighted by atomic mass is 16.5. The fourth-order valence-electron chi connectivity index (χ4n) is 2.62. The maximum absolute atomic E-state index is 10.2. The summed E-state index contributed by atoms with van der Waals surface area (Å²) < 4.78 is 11.3. The fraction of sp³-hybridized carbons (Fsp3) is 0.647. The first kappa shape index (κ1) is 16.1. The Morgan fingerprint density at radius 2 is 1.95 bits per heavy atom. The lowest BCUT2D eigenvalue weighted by Crippen LogP contribution is -2.46. The largest absolute Gasteiger partial charge is 0.494 e. The van der Waals surface area contributed by atoms with Gasteiger partial charge in [-0.3, -0.25) is 0 Å². The van der Waals surface area contributed by atoms with Crippen LogP contribution in [0.3, 0.4) is 0 Å². The Balaban J connectivity index is 2.08. The zero-order chi connectivity index (χ0) is 15.3. The minimum absolute atomic E-state index is 0.108. The van der Waals surface area contributed by atoms with Crippen molar-refractivity contribution in [2.45, 2.75) is 51.7 Å². The molecule has 1 unspecified atom stereocenters. The van der Waals surface area contributed by atoms with E-state index in [0.29, 0.717) is 19.8 Å². The van der Waals surface area contributed by atoms with Gasteiger partial charge in [0.2, 0.25) is 0 Å². The predicted octanol–water partition coefficient (Wildman–Crippen LogP) is 3.05. The van der Waals surface area contributed by atoms with Crippen LogP contribution >= 0.6 is 0 Å². The van der Waals surface area contributed by atoms with Crippen LogP contribution in [0.1, 0.15) is 51.6 Å². The summed E-state index contributed by atoms with van der Waals surface area (Å²) in [6, 6.07) is 6.03. The molecule has 1 aromatic carbocycles. The molecule has 118 valence electrons. The van der Waals surface area contributed by atoms with E-state index in [9.17, 15) is 5.11 Å². The predicted molar refractivity (Wildman–Crippen MR) is 84.0 cm³/mol. The summed E-state index contributed by atoms with van der Waals surface area (Å²) in [4.78, 5) is 0. The van der Waals surface area contributed by atoms with Crippen molar-refractivity contribution < 1.29 is 14.6 Å². The molecule has 0 aromatic heterocycles. The van der Waals surface area contributed by atoms with Crippen molar-refractivity contribution in [2.75, 3.05) is 19.8 Å². The Kier molecular flexibility index (Phi) is 5.48. The lowest BCUT2D eigenvalue weighted by molar-refractivity contribution is -0.0329. The third-order valence-electron chi connectivity index (χ3n) is 4.08. The molecule has 0 spiro atoms. The van der Waals surface area contributed by atoms with Crippen LogP contribution in [-0.4, -0.2) is 30.5 Å². The summed E-state index contributed by atoms with van der Waals surface area (Å²) >= 11 is 0. The summed E-state index contributed by atoms with van der Waals surface area (Å²) in [7, 11) is 0. The molecule has 1 saturated carbocycles. The molecule has 2 rings (SSSR count). The highest BCUT2D eigenvalue weighted by molar-refractivity contribution is 5.42. The molecule has 21 heavy (non-hydrogen) atoms. The Hall–Kier alpha value is -1.26. The van der Waals surface area contributed by atoms with Crippen molar-refractivity contribution in [1.82, 2.24) is 5.32 Å². The van der Waals surface area contributed by atoms with Crippen molar-refractivity contribution in [3.63, 3.8) is 0 Å². The van der Waals surface area contributed by atoms with E-state index < -0.39 is 5.60 Å². The SMILES string of the molecule is CCOc1ccc(OCC)c(C(C)NCC2(O)CCC2)c1. The average molecular weight is 293 g/mol. The Labute approximate surface area is 127 Å². The molecule has 0 aliphatic heterocycles. The van der Waals surface area contributed by atoms with E-state index in [4.69, 9.17) is 9.47 Å². The molecular weight excluding hydrogens is 266 g/mol. The van der Waals surface area contributed by atoms with Gasteiger partial charge in [0, 0.05) is 18.2 Å². The van der Waals surface area contributed by atoms with Crippen LogP contribution < -0.4 is 14.8 Å². The topological polar surface area (TPSA) is 50.7 Å². The summed E-state index contributed by atoms with van der Waals surface area (Å²) in [5.41, 5.74) is 0.558. The molecule has 0 bridgehead atoms. The maximum Gasteiger partial charge on any atom is 0.124 e. The van der Waals surface area contributed by atoms with Crippen LogP contribution in [0.4, 0.5) is 0 Å². The van der Waals surface area contributed by atoms with Crippen LogP contribution in [0.25, 0.3) is 0 Å². The minimum atomic E-state index is -0.516. The number of rotatable bonds is 8. The van der Waals surface area contributed by atoms with Gasteiger partial charge in [-0.2, -0.15) is 0 Å². The van der Waals surface area contributed by atoms with Gasteiger partial charge >= 0.3 is 0 Å². The van der Waals surface area contributed by atoms with Crippen molar-refractivity contribution >= 4 is 0 Å². The second-order valence-electron chi connectivity index (χ2n) is 5.75. The number of benzene rings is 1. The molecule has 2 N–H and O–H groups in total. The van der Waals surface area contributed by atoms with Crippen LogP contribution in [0, 0.1) is 0 Å². The Morgan fingerprint density at radius 3 is 2.52 bits per heavy atom. The molecule has 0 saturated heterocycles. The molecule has 0 amide bonds. The molecule has 1 fully saturated rings. The van der Waals surface area contributed by atoms with Crippen molar-refractivity contribution in [1.29, 1.82) is 0 Å². The summed E-state index contributed by atoms with van der Waals surface area (Å²) in [5, 5.41) is 13.6. The van der Waals surface area contributed by atoms with Crippen LogP contribution in [0.2, 0.25) is 0 Å². The third-order valence-corrected chi connectivity index (χ3v) is 4.08. The Bertz CT molecular complexity index is 457. The molecule has 4 heteroatoms. The van der Waals surface area contributed by atoms with E-state index in [0.717, 1.165) is 36.3 Å². The van der Waals surface area contributed by atoms with Crippen molar-refractivity contribution in [3.8, 4) is 11.5 Å². The Morgan fingerprint density at radius 1 is 1.24 bits per heavy atom. The van der Waals surface area contributed by atoms with Gasteiger partial charge in [0.05, 0.1) is 18.8 Å². The maximum atomic E-state index is 10.2. The van der Waals surface area contributed by atoms with Crippen LogP contribution in [0.5, 0.6) is 11.5 Å². The average Bonchev–Trinajstić information content (AvgIpc) is 2.45. The monoisotopic (exact) mass is 293 g/mol. The van der Waals surface area contributed by atoms with Crippen LogP contribution in [-0.2, 0) is 0 Å². The molecule has 4 nitrogen and oxygen atoms in total. The van der Waals surface area contributed by atoms with Crippen molar-refractivity contribution in [3.05, 3.63) is 23.8 Å². The van der Waals surface area contributed by atoms with Gasteiger partial charge in [-0.25, -0.2) is 0 Å². The second kappa shape index (κ2) is 7.14. The molecule has 0 heterocycles. The molecule has 0 radical (unpaired) electrons. The first-order chi connectivity index (χ1) is 10.1.